The molecule has 0 saturated carbocycles. The van der Waals surface area contributed by atoms with Gasteiger partial charge in [-0.25, -0.2) is 4.39 Å². The van der Waals surface area contributed by atoms with Gasteiger partial charge in [0.2, 0.25) is 11.5 Å². The Morgan fingerprint density at radius 1 is 1.14 bits per heavy atom. The van der Waals surface area contributed by atoms with E-state index in [2.05, 4.69) is 0 Å². The zero-order valence-electron chi connectivity index (χ0n) is 16.8. The summed E-state index contributed by atoms with van der Waals surface area (Å²) in [5.41, 5.74) is 0.714. The lowest BCUT2D eigenvalue weighted by molar-refractivity contribution is -0.131. The molecule has 0 spiro atoms. The predicted molar refractivity (Wildman–Crippen MR) is 108 cm³/mol. The molecule has 1 aliphatic rings. The van der Waals surface area contributed by atoms with Gasteiger partial charge in [0.25, 0.3) is 5.91 Å². The quantitative estimate of drug-likeness (QED) is 0.792. The summed E-state index contributed by atoms with van der Waals surface area (Å²) in [6.07, 6.45) is 3.81. The van der Waals surface area contributed by atoms with E-state index in [9.17, 15) is 18.8 Å². The van der Waals surface area contributed by atoms with Gasteiger partial charge in [-0.05, 0) is 37.0 Å². The van der Waals surface area contributed by atoms with Gasteiger partial charge in [-0.2, -0.15) is 0 Å². The van der Waals surface area contributed by atoms with Crippen molar-refractivity contribution in [3.05, 3.63) is 69.9 Å². The van der Waals surface area contributed by atoms with Crippen molar-refractivity contribution in [2.75, 3.05) is 20.1 Å². The van der Waals surface area contributed by atoms with Gasteiger partial charge in [0.05, 0.1) is 12.0 Å². The first kappa shape index (κ1) is 20.8. The summed E-state index contributed by atoms with van der Waals surface area (Å²) in [5.74, 6) is -0.608. The minimum absolute atomic E-state index is 0.00667. The lowest BCUT2D eigenvalue weighted by Gasteiger charge is -2.27. The van der Waals surface area contributed by atoms with E-state index >= 15 is 0 Å². The number of pyridine rings is 1. The molecule has 1 fully saturated rings. The van der Waals surface area contributed by atoms with Gasteiger partial charge in [-0.1, -0.05) is 18.2 Å². The Morgan fingerprint density at radius 2 is 1.90 bits per heavy atom. The minimum Gasteiger partial charge on any atom is -0.342 e. The van der Waals surface area contributed by atoms with Crippen molar-refractivity contribution in [3.63, 3.8) is 0 Å². The molecule has 1 aromatic heterocycles. The highest BCUT2D eigenvalue weighted by atomic mass is 19.1. The van der Waals surface area contributed by atoms with E-state index in [0.29, 0.717) is 30.6 Å². The van der Waals surface area contributed by atoms with E-state index in [4.69, 9.17) is 0 Å². The van der Waals surface area contributed by atoms with Crippen LogP contribution in [-0.4, -0.2) is 52.4 Å². The van der Waals surface area contributed by atoms with Gasteiger partial charge in [-0.15, -0.1) is 0 Å². The molecule has 0 bridgehead atoms. The highest BCUT2D eigenvalue weighted by Gasteiger charge is 2.26. The van der Waals surface area contributed by atoms with Crippen molar-refractivity contribution < 1.29 is 14.0 Å². The monoisotopic (exact) mass is 399 g/mol. The Bertz CT molecular complexity index is 956. The number of aromatic nitrogens is 1. The average molecular weight is 399 g/mol. The molecule has 7 heteroatoms. The molecule has 3 rings (SSSR count). The summed E-state index contributed by atoms with van der Waals surface area (Å²) in [4.78, 5) is 40.4. The number of amides is 2. The smallest absolute Gasteiger partial charge is 0.255 e. The molecular formula is C22H26FN3O3. The zero-order valence-corrected chi connectivity index (χ0v) is 16.8. The van der Waals surface area contributed by atoms with Crippen LogP contribution < -0.4 is 5.56 Å². The molecule has 2 amide bonds. The largest absolute Gasteiger partial charge is 0.342 e. The van der Waals surface area contributed by atoms with Crippen LogP contribution in [0.2, 0.25) is 0 Å². The zero-order chi connectivity index (χ0) is 21.0. The number of likely N-dealkylation sites (N-methyl/N-ethyl adjacent to an activating group) is 1. The summed E-state index contributed by atoms with van der Waals surface area (Å²) < 4.78 is 15.2. The first-order valence-electron chi connectivity index (χ1n) is 9.82. The Hall–Kier alpha value is -2.96. The van der Waals surface area contributed by atoms with Gasteiger partial charge < -0.3 is 14.4 Å². The van der Waals surface area contributed by atoms with Crippen LogP contribution in [0.5, 0.6) is 0 Å². The van der Waals surface area contributed by atoms with Crippen molar-refractivity contribution in [2.45, 2.75) is 31.7 Å². The maximum atomic E-state index is 13.8. The number of aryl methyl sites for hydroxylation is 1. The molecule has 1 aliphatic heterocycles. The molecule has 0 N–H and O–H groups in total. The van der Waals surface area contributed by atoms with Crippen LogP contribution in [0.25, 0.3) is 0 Å². The summed E-state index contributed by atoms with van der Waals surface area (Å²) in [7, 11) is 3.37. The molecule has 1 aromatic carbocycles. The van der Waals surface area contributed by atoms with Gasteiger partial charge >= 0.3 is 0 Å². The Balaban J connectivity index is 1.62. The van der Waals surface area contributed by atoms with Crippen molar-refractivity contribution in [2.24, 2.45) is 7.05 Å². The average Bonchev–Trinajstić information content (AvgIpc) is 2.97. The molecule has 2 aromatic rings. The number of nitrogens with zero attached hydrogens (tertiary/aromatic N) is 3. The SMILES string of the molecule is CN(C(=O)Cc1ccccc1F)C1CCCN(C(=O)c2ccc(=O)n(C)c2)CC1. The first-order valence-corrected chi connectivity index (χ1v) is 9.82. The van der Waals surface area contributed by atoms with Crippen LogP contribution in [0.1, 0.15) is 35.2 Å². The fourth-order valence-electron chi connectivity index (χ4n) is 3.71. The maximum absolute atomic E-state index is 13.8. The first-order chi connectivity index (χ1) is 13.9. The summed E-state index contributed by atoms with van der Waals surface area (Å²) in [5, 5.41) is 0. The van der Waals surface area contributed by atoms with Crippen LogP contribution in [0.15, 0.2) is 47.4 Å². The fraction of sp³-hybridized carbons (Fsp3) is 0.409. The lowest BCUT2D eigenvalue weighted by atomic mass is 10.1. The van der Waals surface area contributed by atoms with E-state index in [0.717, 1.165) is 12.8 Å². The summed E-state index contributed by atoms with van der Waals surface area (Å²) in [6.45, 7) is 1.14. The molecule has 2 heterocycles. The Labute approximate surface area is 169 Å². The topological polar surface area (TPSA) is 62.6 Å². The number of carbonyl (C=O) groups excluding carboxylic acids is 2. The Kier molecular flexibility index (Phi) is 6.46. The highest BCUT2D eigenvalue weighted by Crippen LogP contribution is 2.19. The van der Waals surface area contributed by atoms with E-state index < -0.39 is 0 Å². The summed E-state index contributed by atoms with van der Waals surface area (Å²) in [6, 6.07) is 9.26. The lowest BCUT2D eigenvalue weighted by Crippen LogP contribution is -2.39. The summed E-state index contributed by atoms with van der Waals surface area (Å²) >= 11 is 0. The third kappa shape index (κ3) is 4.91. The second-order valence-corrected chi connectivity index (χ2v) is 7.52. The van der Waals surface area contributed by atoms with Crippen LogP contribution in [-0.2, 0) is 18.3 Å². The second-order valence-electron chi connectivity index (χ2n) is 7.52. The third-order valence-corrected chi connectivity index (χ3v) is 5.56. The van der Waals surface area contributed by atoms with Gasteiger partial charge in [0, 0.05) is 45.5 Å². The highest BCUT2D eigenvalue weighted by molar-refractivity contribution is 5.93. The standard InChI is InChI=1S/C22H26FN3O3/c1-24-15-17(9-10-20(24)27)22(29)26-12-5-7-18(11-13-26)25(2)21(28)14-16-6-3-4-8-19(16)23/h3-4,6,8-10,15,18H,5,7,11-14H2,1-2H3. The van der Waals surface area contributed by atoms with Crippen LogP contribution in [0, 0.1) is 5.82 Å². The molecule has 6 nitrogen and oxygen atoms in total. The van der Waals surface area contributed by atoms with E-state index in [-0.39, 0.29) is 35.7 Å². The molecule has 0 radical (unpaired) electrons. The number of rotatable bonds is 4. The van der Waals surface area contributed by atoms with Crippen molar-refractivity contribution >= 4 is 11.8 Å². The van der Waals surface area contributed by atoms with E-state index in [1.165, 1.54) is 16.7 Å². The van der Waals surface area contributed by atoms with Crippen LogP contribution >= 0.6 is 0 Å². The number of hydrogen-bond acceptors (Lipinski definition) is 3. The van der Waals surface area contributed by atoms with Crippen LogP contribution in [0.3, 0.4) is 0 Å². The third-order valence-electron chi connectivity index (χ3n) is 5.56. The molecule has 154 valence electrons. The van der Waals surface area contributed by atoms with Gasteiger partial charge in [0.1, 0.15) is 5.82 Å². The van der Waals surface area contributed by atoms with Crippen molar-refractivity contribution in [3.8, 4) is 0 Å². The van der Waals surface area contributed by atoms with Crippen molar-refractivity contribution in [1.29, 1.82) is 0 Å². The minimum atomic E-state index is -0.371. The second kappa shape index (κ2) is 9.03. The maximum Gasteiger partial charge on any atom is 0.255 e. The number of benzene rings is 1. The molecular weight excluding hydrogens is 373 g/mol. The van der Waals surface area contributed by atoms with Crippen molar-refractivity contribution in [1.82, 2.24) is 14.4 Å². The Morgan fingerprint density at radius 3 is 2.62 bits per heavy atom. The molecule has 1 atom stereocenters. The van der Waals surface area contributed by atoms with E-state index in [1.807, 2.05) is 0 Å². The number of likely N-dealkylation sites (tertiary alicyclic amines) is 1. The predicted octanol–water partition coefficient (Wildman–Crippen LogP) is 2.22. The normalized spacial score (nSPS) is 16.9. The van der Waals surface area contributed by atoms with Gasteiger partial charge in [-0.3, -0.25) is 14.4 Å². The number of halogens is 1. The number of carbonyl (C=O) groups is 2. The molecule has 1 saturated heterocycles. The van der Waals surface area contributed by atoms with Gasteiger partial charge in [0.15, 0.2) is 0 Å². The molecule has 0 aliphatic carbocycles. The molecule has 29 heavy (non-hydrogen) atoms. The van der Waals surface area contributed by atoms with Crippen LogP contribution in [0.4, 0.5) is 4.39 Å². The molecule has 1 unspecified atom stereocenters. The number of hydrogen-bond donors (Lipinski definition) is 0. The fourth-order valence-corrected chi connectivity index (χ4v) is 3.71. The van der Waals surface area contributed by atoms with E-state index in [1.54, 1.807) is 54.4 Å².